The van der Waals surface area contributed by atoms with Gasteiger partial charge in [0.2, 0.25) is 0 Å². The summed E-state index contributed by atoms with van der Waals surface area (Å²) < 4.78 is 32.6. The maximum absolute atomic E-state index is 12.5. The molecule has 0 aliphatic heterocycles. The van der Waals surface area contributed by atoms with E-state index in [4.69, 9.17) is 24.3 Å². The highest BCUT2D eigenvalue weighted by Crippen LogP contribution is 2.43. The number of carbonyl (C=O) groups is 2. The third-order valence-corrected chi connectivity index (χ3v) is 10.4. The summed E-state index contributed by atoms with van der Waals surface area (Å²) in [5.74, 6) is 1.21. The molecule has 0 bridgehead atoms. The summed E-state index contributed by atoms with van der Waals surface area (Å²) in [5.41, 5.74) is 5.33. The van der Waals surface area contributed by atoms with Crippen LogP contribution in [0, 0.1) is 11.8 Å². The van der Waals surface area contributed by atoms with E-state index in [1.54, 1.807) is 0 Å². The Labute approximate surface area is 274 Å². The van der Waals surface area contributed by atoms with Gasteiger partial charge in [-0.25, -0.2) is 4.57 Å². The molecule has 2 saturated carbocycles. The molecular formula is C35H66NO8P. The Hall–Kier alpha value is -0.990. The minimum atomic E-state index is -4.36. The number of carbonyl (C=O) groups excluding carboxylic acids is 2. The lowest BCUT2D eigenvalue weighted by Crippen LogP contribution is -2.29. The normalized spacial score (nSPS) is 17.3. The van der Waals surface area contributed by atoms with Crippen LogP contribution in [-0.4, -0.2) is 49.3 Å². The van der Waals surface area contributed by atoms with Gasteiger partial charge in [0.1, 0.15) is 6.61 Å². The summed E-state index contributed by atoms with van der Waals surface area (Å²) in [4.78, 5) is 34.6. The Balaban J connectivity index is 1.53. The quantitative estimate of drug-likeness (QED) is 0.0425. The highest BCUT2D eigenvalue weighted by molar-refractivity contribution is 7.47. The van der Waals surface area contributed by atoms with E-state index in [2.05, 4.69) is 0 Å². The van der Waals surface area contributed by atoms with Crippen LogP contribution in [0.3, 0.4) is 0 Å². The van der Waals surface area contributed by atoms with Crippen molar-refractivity contribution in [2.75, 3.05) is 26.4 Å². The molecule has 10 heteroatoms. The van der Waals surface area contributed by atoms with Crippen LogP contribution in [0.25, 0.3) is 0 Å². The first-order valence-electron chi connectivity index (χ1n) is 18.5. The van der Waals surface area contributed by atoms with E-state index in [9.17, 15) is 19.0 Å². The molecule has 0 spiro atoms. The van der Waals surface area contributed by atoms with Gasteiger partial charge in [-0.2, -0.15) is 0 Å². The Morgan fingerprint density at radius 1 is 0.644 bits per heavy atom. The molecule has 2 atom stereocenters. The predicted octanol–water partition coefficient (Wildman–Crippen LogP) is 8.94. The molecule has 1 unspecified atom stereocenters. The minimum Gasteiger partial charge on any atom is -0.462 e. The average molecular weight is 660 g/mol. The lowest BCUT2D eigenvalue weighted by atomic mass is 9.81. The summed E-state index contributed by atoms with van der Waals surface area (Å²) in [7, 11) is -4.36. The van der Waals surface area contributed by atoms with Gasteiger partial charge in [-0.05, 0) is 24.7 Å². The van der Waals surface area contributed by atoms with Crippen molar-refractivity contribution < 1.29 is 37.6 Å². The molecule has 0 aromatic carbocycles. The molecule has 0 aromatic heterocycles. The molecule has 45 heavy (non-hydrogen) atoms. The van der Waals surface area contributed by atoms with Gasteiger partial charge in [-0.3, -0.25) is 18.6 Å². The van der Waals surface area contributed by atoms with Crippen molar-refractivity contribution in [1.82, 2.24) is 0 Å². The number of nitrogens with two attached hydrogens (primary N) is 1. The molecular weight excluding hydrogens is 593 g/mol. The first-order valence-corrected chi connectivity index (χ1v) is 20.0. The molecule has 2 aliphatic carbocycles. The number of phosphoric acid groups is 1. The van der Waals surface area contributed by atoms with E-state index in [0.29, 0.717) is 12.8 Å². The topological polar surface area (TPSA) is 134 Å². The van der Waals surface area contributed by atoms with Crippen LogP contribution in [0.15, 0.2) is 0 Å². The maximum atomic E-state index is 12.5. The Bertz CT molecular complexity index is 805. The van der Waals surface area contributed by atoms with Crippen LogP contribution in [0.5, 0.6) is 0 Å². The minimum absolute atomic E-state index is 0.0603. The second-order valence-electron chi connectivity index (χ2n) is 13.5. The molecule has 0 aromatic rings. The van der Waals surface area contributed by atoms with E-state index >= 15 is 0 Å². The Kier molecular flexibility index (Phi) is 23.2. The summed E-state index contributed by atoms with van der Waals surface area (Å²) in [5, 5.41) is 0. The predicted molar refractivity (Wildman–Crippen MR) is 179 cm³/mol. The fourth-order valence-electron chi connectivity index (χ4n) is 6.09. The van der Waals surface area contributed by atoms with Gasteiger partial charge >= 0.3 is 19.8 Å². The highest BCUT2D eigenvalue weighted by atomic mass is 31.2. The highest BCUT2D eigenvalue weighted by Gasteiger charge is 2.26. The first kappa shape index (κ1) is 40.2. The van der Waals surface area contributed by atoms with E-state index in [0.717, 1.165) is 43.9 Å². The average Bonchev–Trinajstić information content (AvgIpc) is 2.97. The van der Waals surface area contributed by atoms with Crippen molar-refractivity contribution in [2.24, 2.45) is 17.6 Å². The summed E-state index contributed by atoms with van der Waals surface area (Å²) in [6.45, 7) is -0.735. The van der Waals surface area contributed by atoms with Crippen LogP contribution in [-0.2, 0) is 32.7 Å². The largest absolute Gasteiger partial charge is 0.472 e. The van der Waals surface area contributed by atoms with Crippen molar-refractivity contribution in [3.05, 3.63) is 0 Å². The molecule has 2 aliphatic rings. The zero-order chi connectivity index (χ0) is 32.4. The molecule has 0 radical (unpaired) electrons. The number of hydrogen-bond donors (Lipinski definition) is 2. The fraction of sp³-hybridized carbons (Fsp3) is 0.943. The molecule has 3 N–H and O–H groups in total. The monoisotopic (exact) mass is 659 g/mol. The fourth-order valence-corrected chi connectivity index (χ4v) is 6.86. The first-order chi connectivity index (χ1) is 21.9. The number of hydrogen-bond acceptors (Lipinski definition) is 8. The van der Waals surface area contributed by atoms with Gasteiger partial charge in [-0.15, -0.1) is 0 Å². The van der Waals surface area contributed by atoms with E-state index in [1.165, 1.54) is 116 Å². The SMILES string of the molecule is NCCOP(=O)(O)OC[C@H](COC(=O)CCCCCCCCCCC1CCC1)OC(=O)CCCCCCCCCCC1CCC1. The Morgan fingerprint density at radius 3 is 1.53 bits per heavy atom. The van der Waals surface area contributed by atoms with Crippen LogP contribution >= 0.6 is 7.82 Å². The molecule has 9 nitrogen and oxygen atoms in total. The summed E-state index contributed by atoms with van der Waals surface area (Å²) in [6.07, 6.45) is 29.4. The van der Waals surface area contributed by atoms with Crippen LogP contribution < -0.4 is 5.73 Å². The van der Waals surface area contributed by atoms with Crippen molar-refractivity contribution in [1.29, 1.82) is 0 Å². The molecule has 0 saturated heterocycles. The van der Waals surface area contributed by atoms with Crippen molar-refractivity contribution in [3.63, 3.8) is 0 Å². The second-order valence-corrected chi connectivity index (χ2v) is 15.0. The number of ether oxygens (including phenoxy) is 2. The van der Waals surface area contributed by atoms with Gasteiger partial charge in [0.15, 0.2) is 6.10 Å². The molecule has 0 heterocycles. The Morgan fingerprint density at radius 2 is 1.09 bits per heavy atom. The van der Waals surface area contributed by atoms with E-state index in [-0.39, 0.29) is 32.1 Å². The lowest BCUT2D eigenvalue weighted by Gasteiger charge is -2.24. The van der Waals surface area contributed by atoms with Gasteiger partial charge in [0, 0.05) is 19.4 Å². The van der Waals surface area contributed by atoms with Crippen LogP contribution in [0.1, 0.15) is 167 Å². The van der Waals surface area contributed by atoms with Gasteiger partial charge in [0.25, 0.3) is 0 Å². The molecule has 264 valence electrons. The zero-order valence-corrected chi connectivity index (χ0v) is 29.2. The number of unbranched alkanes of at least 4 members (excludes halogenated alkanes) is 14. The maximum Gasteiger partial charge on any atom is 0.472 e. The lowest BCUT2D eigenvalue weighted by molar-refractivity contribution is -0.161. The zero-order valence-electron chi connectivity index (χ0n) is 28.3. The third-order valence-electron chi connectivity index (χ3n) is 9.46. The smallest absolute Gasteiger partial charge is 0.462 e. The number of rotatable bonds is 31. The van der Waals surface area contributed by atoms with E-state index < -0.39 is 26.5 Å². The van der Waals surface area contributed by atoms with Gasteiger partial charge in [0.05, 0.1) is 13.2 Å². The number of phosphoric ester groups is 1. The van der Waals surface area contributed by atoms with Gasteiger partial charge < -0.3 is 20.1 Å². The van der Waals surface area contributed by atoms with Crippen molar-refractivity contribution in [2.45, 2.75) is 173 Å². The van der Waals surface area contributed by atoms with Crippen molar-refractivity contribution >= 4 is 19.8 Å². The molecule has 2 fully saturated rings. The van der Waals surface area contributed by atoms with Crippen molar-refractivity contribution in [3.8, 4) is 0 Å². The standard InChI is InChI=1S/C35H66NO8P/c36-27-28-42-45(39,40)43-30-33(44-35(38)26-16-12-8-4-2-6-10-14-20-32-23-18-24-32)29-41-34(37)25-15-11-7-3-1-5-9-13-19-31-21-17-22-31/h31-33H,1-30,36H2,(H,39,40)/t33-/m0/s1. The van der Waals surface area contributed by atoms with Crippen LogP contribution in [0.2, 0.25) is 0 Å². The molecule has 0 amide bonds. The molecule has 2 rings (SSSR count). The van der Waals surface area contributed by atoms with Crippen LogP contribution in [0.4, 0.5) is 0 Å². The third kappa shape index (κ3) is 22.3. The summed E-state index contributed by atoms with van der Waals surface area (Å²) in [6, 6.07) is 0. The second kappa shape index (κ2) is 26.0. The summed E-state index contributed by atoms with van der Waals surface area (Å²) >= 11 is 0. The van der Waals surface area contributed by atoms with Gasteiger partial charge in [-0.1, -0.05) is 141 Å². The number of esters is 2. The van der Waals surface area contributed by atoms with E-state index in [1.807, 2.05) is 0 Å².